The molecule has 1 rings (SSSR count). The molecule has 0 bridgehead atoms. The number of alkyl halides is 3. The smallest absolute Gasteiger partial charge is 0.255 e. The fourth-order valence-electron chi connectivity index (χ4n) is 1.05. The van der Waals surface area contributed by atoms with Crippen molar-refractivity contribution in [2.45, 2.75) is 12.3 Å². The van der Waals surface area contributed by atoms with Gasteiger partial charge in [-0.2, -0.15) is 0 Å². The largest absolute Gasteiger partial charge is 0.354 e. The van der Waals surface area contributed by atoms with Gasteiger partial charge in [-0.3, -0.25) is 0 Å². The van der Waals surface area contributed by atoms with Crippen LogP contribution in [0.2, 0.25) is 0 Å². The summed E-state index contributed by atoms with van der Waals surface area (Å²) in [5.74, 6) is 0.876. The van der Waals surface area contributed by atoms with E-state index in [4.69, 9.17) is 11.6 Å². The second kappa shape index (κ2) is 5.10. The van der Waals surface area contributed by atoms with E-state index < -0.39 is 6.43 Å². The fourth-order valence-corrected chi connectivity index (χ4v) is 1.22. The highest BCUT2D eigenvalue weighted by molar-refractivity contribution is 6.17. The topological polar surface area (TPSA) is 16.1 Å². The minimum Gasteiger partial charge on any atom is -0.354 e. The van der Waals surface area contributed by atoms with Gasteiger partial charge in [0.25, 0.3) is 6.43 Å². The van der Waals surface area contributed by atoms with E-state index in [9.17, 15) is 8.78 Å². The van der Waals surface area contributed by atoms with E-state index in [1.54, 1.807) is 25.4 Å². The summed E-state index contributed by atoms with van der Waals surface area (Å²) in [6, 6.07) is 3.46. The molecule has 0 N–H and O–H groups in total. The summed E-state index contributed by atoms with van der Waals surface area (Å²) in [5, 5.41) is 0. The zero-order chi connectivity index (χ0) is 10.6. The van der Waals surface area contributed by atoms with Crippen LogP contribution < -0.4 is 4.90 Å². The lowest BCUT2D eigenvalue weighted by Crippen LogP contribution is -2.24. The Morgan fingerprint density at radius 1 is 1.57 bits per heavy atom. The number of aromatic nitrogens is 1. The zero-order valence-corrected chi connectivity index (χ0v) is 8.51. The Morgan fingerprint density at radius 2 is 2.29 bits per heavy atom. The number of nitrogens with zero attached hydrogens (tertiary/aromatic N) is 2. The maximum atomic E-state index is 12.1. The predicted molar refractivity (Wildman–Crippen MR) is 53.1 cm³/mol. The van der Waals surface area contributed by atoms with Gasteiger partial charge in [0, 0.05) is 19.1 Å². The summed E-state index contributed by atoms with van der Waals surface area (Å²) >= 11 is 5.61. The molecule has 0 saturated heterocycles. The van der Waals surface area contributed by atoms with Crippen LogP contribution >= 0.6 is 11.6 Å². The van der Waals surface area contributed by atoms with Crippen LogP contribution in [0.1, 0.15) is 5.56 Å². The van der Waals surface area contributed by atoms with Gasteiger partial charge in [0.15, 0.2) is 0 Å². The molecular weight excluding hydrogens is 210 g/mol. The summed E-state index contributed by atoms with van der Waals surface area (Å²) in [4.78, 5) is 5.38. The van der Waals surface area contributed by atoms with Crippen LogP contribution in [0, 0.1) is 0 Å². The molecule has 2 nitrogen and oxygen atoms in total. The Labute approximate surface area is 86.5 Å². The van der Waals surface area contributed by atoms with Crippen molar-refractivity contribution in [2.24, 2.45) is 0 Å². The van der Waals surface area contributed by atoms with Gasteiger partial charge in [0.2, 0.25) is 0 Å². The van der Waals surface area contributed by atoms with E-state index in [0.717, 1.165) is 5.56 Å². The maximum Gasteiger partial charge on any atom is 0.255 e. The van der Waals surface area contributed by atoms with Crippen LogP contribution in [-0.2, 0) is 5.88 Å². The van der Waals surface area contributed by atoms with Gasteiger partial charge in [0.05, 0.1) is 6.54 Å². The van der Waals surface area contributed by atoms with Crippen molar-refractivity contribution in [1.29, 1.82) is 0 Å². The van der Waals surface area contributed by atoms with Gasteiger partial charge in [-0.05, 0) is 17.7 Å². The summed E-state index contributed by atoms with van der Waals surface area (Å²) < 4.78 is 24.1. The average Bonchev–Trinajstić information content (AvgIpc) is 2.17. The number of hydrogen-bond donors (Lipinski definition) is 0. The summed E-state index contributed by atoms with van der Waals surface area (Å²) in [6.07, 6.45) is -0.795. The Hall–Kier alpha value is -0.900. The first kappa shape index (κ1) is 11.2. The molecule has 78 valence electrons. The number of hydrogen-bond acceptors (Lipinski definition) is 2. The van der Waals surface area contributed by atoms with Crippen LogP contribution in [0.3, 0.4) is 0 Å². The SMILES string of the molecule is CN(CC(F)F)c1cc(CCl)ccn1. The van der Waals surface area contributed by atoms with Crippen LogP contribution in [0.15, 0.2) is 18.3 Å². The Balaban J connectivity index is 2.73. The number of pyridine rings is 1. The molecule has 0 saturated carbocycles. The monoisotopic (exact) mass is 220 g/mol. The van der Waals surface area contributed by atoms with Gasteiger partial charge in [0.1, 0.15) is 5.82 Å². The van der Waals surface area contributed by atoms with Crippen LogP contribution in [0.25, 0.3) is 0 Å². The number of anilines is 1. The van der Waals surface area contributed by atoms with Crippen LogP contribution in [0.5, 0.6) is 0 Å². The molecule has 1 heterocycles. The molecule has 5 heteroatoms. The van der Waals surface area contributed by atoms with Gasteiger partial charge < -0.3 is 4.90 Å². The third kappa shape index (κ3) is 3.10. The summed E-state index contributed by atoms with van der Waals surface area (Å²) in [7, 11) is 1.58. The molecule has 1 aromatic rings. The molecule has 14 heavy (non-hydrogen) atoms. The maximum absolute atomic E-state index is 12.1. The Kier molecular flexibility index (Phi) is 4.07. The first-order valence-electron chi connectivity index (χ1n) is 4.13. The van der Waals surface area contributed by atoms with Crippen LogP contribution in [-0.4, -0.2) is 25.0 Å². The van der Waals surface area contributed by atoms with E-state index in [0.29, 0.717) is 11.7 Å². The van der Waals surface area contributed by atoms with Crippen molar-refractivity contribution < 1.29 is 8.78 Å². The molecule has 0 aliphatic carbocycles. The zero-order valence-electron chi connectivity index (χ0n) is 7.75. The van der Waals surface area contributed by atoms with E-state index in [1.165, 1.54) is 4.90 Å². The second-order valence-corrected chi connectivity index (χ2v) is 3.19. The highest BCUT2D eigenvalue weighted by atomic mass is 35.5. The molecule has 0 amide bonds. The van der Waals surface area contributed by atoms with Crippen molar-refractivity contribution in [3.8, 4) is 0 Å². The van der Waals surface area contributed by atoms with Crippen LogP contribution in [0.4, 0.5) is 14.6 Å². The number of rotatable bonds is 4. The molecule has 0 aromatic carbocycles. The third-order valence-corrected chi connectivity index (χ3v) is 2.08. The summed E-state index contributed by atoms with van der Waals surface area (Å²) in [5.41, 5.74) is 0.873. The van der Waals surface area contributed by atoms with E-state index in [2.05, 4.69) is 4.98 Å². The van der Waals surface area contributed by atoms with Crippen molar-refractivity contribution >= 4 is 17.4 Å². The Morgan fingerprint density at radius 3 is 2.86 bits per heavy atom. The lowest BCUT2D eigenvalue weighted by molar-refractivity contribution is 0.156. The summed E-state index contributed by atoms with van der Waals surface area (Å²) in [6.45, 7) is -0.321. The van der Waals surface area contributed by atoms with E-state index in [1.807, 2.05) is 0 Å². The third-order valence-electron chi connectivity index (χ3n) is 1.77. The van der Waals surface area contributed by atoms with Crippen molar-refractivity contribution in [3.05, 3.63) is 23.9 Å². The second-order valence-electron chi connectivity index (χ2n) is 2.93. The van der Waals surface area contributed by atoms with Gasteiger partial charge in [-0.1, -0.05) is 0 Å². The standard InChI is InChI=1S/C9H11ClF2N2/c1-14(6-8(11)12)9-4-7(5-10)2-3-13-9/h2-4,8H,5-6H2,1H3. The molecule has 0 unspecified atom stereocenters. The highest BCUT2D eigenvalue weighted by Gasteiger charge is 2.09. The van der Waals surface area contributed by atoms with Crippen molar-refractivity contribution in [3.63, 3.8) is 0 Å². The van der Waals surface area contributed by atoms with E-state index in [-0.39, 0.29) is 6.54 Å². The van der Waals surface area contributed by atoms with E-state index >= 15 is 0 Å². The lowest BCUT2D eigenvalue weighted by atomic mass is 10.3. The fraction of sp³-hybridized carbons (Fsp3) is 0.444. The minimum atomic E-state index is -2.36. The van der Waals surface area contributed by atoms with Crippen molar-refractivity contribution in [1.82, 2.24) is 4.98 Å². The first-order chi connectivity index (χ1) is 6.63. The lowest BCUT2D eigenvalue weighted by Gasteiger charge is -2.17. The quantitative estimate of drug-likeness (QED) is 0.725. The Bertz CT molecular complexity index is 294. The van der Waals surface area contributed by atoms with Crippen molar-refractivity contribution in [2.75, 3.05) is 18.5 Å². The molecule has 0 radical (unpaired) electrons. The predicted octanol–water partition coefficient (Wildman–Crippen LogP) is 2.52. The van der Waals surface area contributed by atoms with Gasteiger partial charge >= 0.3 is 0 Å². The molecule has 0 aliphatic heterocycles. The highest BCUT2D eigenvalue weighted by Crippen LogP contribution is 2.13. The average molecular weight is 221 g/mol. The number of halogens is 3. The first-order valence-corrected chi connectivity index (χ1v) is 4.67. The van der Waals surface area contributed by atoms with Gasteiger partial charge in [-0.15, -0.1) is 11.6 Å². The molecule has 0 aliphatic rings. The molecule has 0 spiro atoms. The normalized spacial score (nSPS) is 10.6. The molecule has 1 aromatic heterocycles. The minimum absolute atomic E-state index is 0.321. The molecular formula is C9H11ClF2N2. The molecule has 0 fully saturated rings. The molecule has 0 atom stereocenters. The van der Waals surface area contributed by atoms with Gasteiger partial charge in [-0.25, -0.2) is 13.8 Å².